The molecule has 0 aromatic carbocycles. The third kappa shape index (κ3) is 5.22. The van der Waals surface area contributed by atoms with Crippen LogP contribution in [0.4, 0.5) is 5.95 Å². The van der Waals surface area contributed by atoms with Gasteiger partial charge in [-0.3, -0.25) is 0 Å². The molecule has 0 amide bonds. The fourth-order valence-electron chi connectivity index (χ4n) is 2.49. The maximum absolute atomic E-state index is 6.12. The lowest BCUT2D eigenvalue weighted by molar-refractivity contribution is 0.313. The first-order valence-corrected chi connectivity index (χ1v) is 10.3. The molecule has 0 radical (unpaired) electrons. The molecule has 0 unspecified atom stereocenters. The van der Waals surface area contributed by atoms with Gasteiger partial charge in [0, 0.05) is 6.20 Å². The van der Waals surface area contributed by atoms with Crippen LogP contribution in [0.15, 0.2) is 16.7 Å². The second-order valence-corrected chi connectivity index (χ2v) is 6.15. The van der Waals surface area contributed by atoms with Crippen LogP contribution in [0.3, 0.4) is 0 Å². The van der Waals surface area contributed by atoms with Gasteiger partial charge in [0.25, 0.3) is 5.88 Å². The van der Waals surface area contributed by atoms with Crippen LogP contribution in [0.5, 0.6) is 17.4 Å². The molecule has 0 fully saturated rings. The minimum Gasteiger partial charge on any atom is -0.492 e. The number of methoxy groups -OCH3 is 3. The number of nitrogens with two attached hydrogens (primary N) is 1. The largest absolute Gasteiger partial charge is 0.492 e. The van der Waals surface area contributed by atoms with Crippen LogP contribution in [0.2, 0.25) is 5.15 Å². The maximum Gasteiger partial charge on any atom is 0.261 e. The zero-order chi connectivity index (χ0) is 22.1. The summed E-state index contributed by atoms with van der Waals surface area (Å²) in [6.45, 7) is 8.38. The summed E-state index contributed by atoms with van der Waals surface area (Å²) in [7, 11) is 4.58. The molecule has 2 N–H and O–H groups in total. The maximum atomic E-state index is 6.12. The van der Waals surface area contributed by atoms with E-state index in [4.69, 9.17) is 31.5 Å². The molecule has 160 valence electrons. The first kappa shape index (κ1) is 24.8. The van der Waals surface area contributed by atoms with E-state index in [1.807, 2.05) is 44.5 Å². The monoisotopic (exact) mass is 487 g/mol. The Kier molecular flexibility index (Phi) is 9.97. The summed E-state index contributed by atoms with van der Waals surface area (Å²) in [6.07, 6.45) is 1.84. The average molecular weight is 489 g/mol. The van der Waals surface area contributed by atoms with E-state index in [9.17, 15) is 0 Å². The van der Waals surface area contributed by atoms with Crippen LogP contribution >= 0.6 is 27.5 Å². The Morgan fingerprint density at radius 3 is 2.17 bits per heavy atom. The highest BCUT2D eigenvalue weighted by Crippen LogP contribution is 2.43. The van der Waals surface area contributed by atoms with Gasteiger partial charge in [-0.2, -0.15) is 4.98 Å². The van der Waals surface area contributed by atoms with Crippen molar-refractivity contribution in [2.45, 2.75) is 34.2 Å². The number of rotatable bonds is 5. The highest BCUT2D eigenvalue weighted by Gasteiger charge is 2.21. The lowest BCUT2D eigenvalue weighted by atomic mass is 10.3. The molecule has 0 bridgehead atoms. The molecule has 3 aromatic heterocycles. The van der Waals surface area contributed by atoms with Crippen LogP contribution in [-0.2, 0) is 6.54 Å². The molecule has 0 aliphatic carbocycles. The number of aromatic nitrogens is 4. The van der Waals surface area contributed by atoms with Crippen LogP contribution in [0.1, 0.15) is 33.4 Å². The topological polar surface area (TPSA) is 97.3 Å². The predicted molar refractivity (Wildman–Crippen MR) is 120 cm³/mol. The lowest BCUT2D eigenvalue weighted by Gasteiger charge is -2.16. The zero-order valence-electron chi connectivity index (χ0n) is 17.7. The Morgan fingerprint density at radius 2 is 1.62 bits per heavy atom. The number of halogens is 2. The Balaban J connectivity index is 0.000000989. The first-order chi connectivity index (χ1) is 14.0. The van der Waals surface area contributed by atoms with Crippen molar-refractivity contribution in [2.75, 3.05) is 27.1 Å². The lowest BCUT2D eigenvalue weighted by Crippen LogP contribution is -2.07. The van der Waals surface area contributed by atoms with E-state index in [0.29, 0.717) is 50.3 Å². The first-order valence-electron chi connectivity index (χ1n) is 9.12. The zero-order valence-corrected chi connectivity index (χ0v) is 20.1. The quantitative estimate of drug-likeness (QED) is 0.507. The van der Waals surface area contributed by atoms with Gasteiger partial charge in [-0.05, 0) is 22.0 Å². The van der Waals surface area contributed by atoms with Gasteiger partial charge in [-0.15, -0.1) is 0 Å². The predicted octanol–water partition coefficient (Wildman–Crippen LogP) is 4.95. The molecule has 29 heavy (non-hydrogen) atoms. The van der Waals surface area contributed by atoms with Crippen LogP contribution in [0, 0.1) is 0 Å². The summed E-state index contributed by atoms with van der Waals surface area (Å²) in [5, 5.41) is 1.01. The van der Waals surface area contributed by atoms with Crippen molar-refractivity contribution in [1.29, 1.82) is 0 Å². The molecule has 3 rings (SSSR count). The fourth-order valence-corrected chi connectivity index (χ4v) is 3.28. The summed E-state index contributed by atoms with van der Waals surface area (Å²) in [5.41, 5.74) is 6.98. The number of fused-ring (bicyclic) bond motifs is 1. The van der Waals surface area contributed by atoms with Crippen molar-refractivity contribution in [3.8, 4) is 17.4 Å². The van der Waals surface area contributed by atoms with Crippen molar-refractivity contribution < 1.29 is 14.2 Å². The molecule has 0 aliphatic rings. The minimum absolute atomic E-state index is 0.106. The van der Waals surface area contributed by atoms with Crippen molar-refractivity contribution >= 4 is 44.5 Å². The molecule has 8 nitrogen and oxygen atoms in total. The summed E-state index contributed by atoms with van der Waals surface area (Å²) < 4.78 is 18.6. The number of hydrogen-bond acceptors (Lipinski definition) is 7. The van der Waals surface area contributed by atoms with E-state index in [1.54, 1.807) is 7.11 Å². The van der Waals surface area contributed by atoms with Gasteiger partial charge in [-0.1, -0.05) is 39.3 Å². The molecule has 0 saturated heterocycles. The number of anilines is 1. The molecule has 0 aliphatic heterocycles. The number of nitrogens with zero attached hydrogens (tertiary/aromatic N) is 4. The molecular formula is C19H27BrClN5O3. The summed E-state index contributed by atoms with van der Waals surface area (Å²) in [6, 6.07) is 1.82. The normalized spacial score (nSPS) is 9.83. The standard InChI is InChI=1S/C15H15BrClN5O3.2C2H6/c1-23-10-9(16)8(19-14(25-3)11(10)24-2)6-22-5-4-7-12(17)20-15(18)21-13(7)22;2*1-2/h4-5H,6H2,1-3H3,(H2,18,20,21);2*1-2H3. The molecule has 0 spiro atoms. The second kappa shape index (κ2) is 11.7. The van der Waals surface area contributed by atoms with Crippen molar-refractivity contribution in [3.05, 3.63) is 27.6 Å². The highest BCUT2D eigenvalue weighted by molar-refractivity contribution is 9.10. The Bertz CT molecular complexity index is 949. The van der Waals surface area contributed by atoms with Gasteiger partial charge in [0.1, 0.15) is 10.8 Å². The van der Waals surface area contributed by atoms with Crippen molar-refractivity contribution in [3.63, 3.8) is 0 Å². The van der Waals surface area contributed by atoms with E-state index in [1.165, 1.54) is 14.2 Å². The van der Waals surface area contributed by atoms with Crippen LogP contribution < -0.4 is 19.9 Å². The fraction of sp³-hybridized carbons (Fsp3) is 0.421. The third-order valence-corrected chi connectivity index (χ3v) is 4.71. The number of pyridine rings is 1. The average Bonchev–Trinajstić information content (AvgIpc) is 3.14. The summed E-state index contributed by atoms with van der Waals surface area (Å²) in [4.78, 5) is 12.7. The number of ether oxygens (including phenoxy) is 3. The molecule has 0 atom stereocenters. The minimum atomic E-state index is 0.106. The van der Waals surface area contributed by atoms with Gasteiger partial charge < -0.3 is 24.5 Å². The van der Waals surface area contributed by atoms with E-state index in [0.717, 1.165) is 0 Å². The second-order valence-electron chi connectivity index (χ2n) is 5.00. The molecule has 10 heteroatoms. The molecule has 0 saturated carbocycles. The van der Waals surface area contributed by atoms with Gasteiger partial charge in [-0.25, -0.2) is 9.97 Å². The molecular weight excluding hydrogens is 462 g/mol. The number of hydrogen-bond donors (Lipinski definition) is 1. The summed E-state index contributed by atoms with van der Waals surface area (Å²) >= 11 is 9.63. The number of nitrogen functional groups attached to an aromatic ring is 1. The highest BCUT2D eigenvalue weighted by atomic mass is 79.9. The Labute approximate surface area is 184 Å². The summed E-state index contributed by atoms with van der Waals surface area (Å²) in [5.74, 6) is 1.33. The third-order valence-electron chi connectivity index (χ3n) is 3.60. The smallest absolute Gasteiger partial charge is 0.261 e. The SMILES string of the molecule is CC.CC.COc1nc(Cn2ccc3c(Cl)nc(N)nc32)c(Br)c(OC)c1OC. The van der Waals surface area contributed by atoms with Crippen molar-refractivity contribution in [1.82, 2.24) is 19.5 Å². The van der Waals surface area contributed by atoms with E-state index in [2.05, 4.69) is 30.9 Å². The Hall–Kier alpha value is -2.26. The van der Waals surface area contributed by atoms with Gasteiger partial charge in [0.2, 0.25) is 11.7 Å². The van der Waals surface area contributed by atoms with Gasteiger partial charge >= 0.3 is 0 Å². The van der Waals surface area contributed by atoms with E-state index < -0.39 is 0 Å². The van der Waals surface area contributed by atoms with E-state index >= 15 is 0 Å². The van der Waals surface area contributed by atoms with Gasteiger partial charge in [0.05, 0.1) is 43.4 Å². The van der Waals surface area contributed by atoms with Crippen molar-refractivity contribution in [2.24, 2.45) is 0 Å². The Morgan fingerprint density at radius 1 is 1.00 bits per heavy atom. The van der Waals surface area contributed by atoms with Crippen LogP contribution in [-0.4, -0.2) is 40.8 Å². The molecule has 3 heterocycles. The van der Waals surface area contributed by atoms with Crippen LogP contribution in [0.25, 0.3) is 11.0 Å². The van der Waals surface area contributed by atoms with E-state index in [-0.39, 0.29) is 5.95 Å². The van der Waals surface area contributed by atoms with Gasteiger partial charge in [0.15, 0.2) is 5.75 Å². The molecule has 3 aromatic rings.